The van der Waals surface area contributed by atoms with E-state index in [1.165, 1.54) is 20.2 Å². The number of carbonyl (C=O) groups excluding carboxylic acids is 7. The summed E-state index contributed by atoms with van der Waals surface area (Å²) >= 11 is 0. The number of aromatic nitrogens is 1. The van der Waals surface area contributed by atoms with E-state index in [0.717, 1.165) is 15.9 Å². The lowest BCUT2D eigenvalue weighted by atomic mass is 9.81. The number of unbranched alkanes of at least 4 members (excludes halogenated alkanes) is 1. The van der Waals surface area contributed by atoms with Gasteiger partial charge in [0.15, 0.2) is 0 Å². The van der Waals surface area contributed by atoms with E-state index in [-0.39, 0.29) is 44.4 Å². The summed E-state index contributed by atoms with van der Waals surface area (Å²) in [5.41, 5.74) is 5.33. The minimum Gasteiger partial charge on any atom is -0.381 e. The van der Waals surface area contributed by atoms with Crippen molar-refractivity contribution >= 4 is 41.4 Å². The van der Waals surface area contributed by atoms with Crippen LogP contribution in [0.2, 0.25) is 0 Å². The average molecular weight is 835 g/mol. The Labute approximate surface area is 348 Å². The van der Waals surface area contributed by atoms with Crippen LogP contribution in [0.4, 0.5) is 0 Å². The largest absolute Gasteiger partial charge is 0.381 e. The van der Waals surface area contributed by atoms with Gasteiger partial charge < -0.3 is 55.5 Å². The number of nitrogens with two attached hydrogens (primary N) is 1. The Balaban J connectivity index is 2.13. The highest BCUT2D eigenvalue weighted by atomic mass is 16.5. The summed E-state index contributed by atoms with van der Waals surface area (Å²) < 4.78 is 17.3. The highest BCUT2D eigenvalue weighted by Gasteiger charge is 2.38. The van der Waals surface area contributed by atoms with Gasteiger partial charge in [-0.1, -0.05) is 13.0 Å². The maximum absolute atomic E-state index is 13.9. The summed E-state index contributed by atoms with van der Waals surface area (Å²) in [7, 11) is 9.31. The van der Waals surface area contributed by atoms with E-state index in [2.05, 4.69) is 47.4 Å². The first-order chi connectivity index (χ1) is 27.8. The number of quaternary nitrogens is 1. The third kappa shape index (κ3) is 20.2. The van der Waals surface area contributed by atoms with Crippen molar-refractivity contribution in [3.8, 4) is 0 Å². The number of rotatable bonds is 27. The zero-order valence-corrected chi connectivity index (χ0v) is 36.0. The fourth-order valence-electron chi connectivity index (χ4n) is 5.95. The van der Waals surface area contributed by atoms with Crippen molar-refractivity contribution in [2.45, 2.75) is 76.9 Å². The Morgan fingerprint density at radius 3 is 2.15 bits per heavy atom. The van der Waals surface area contributed by atoms with Crippen LogP contribution < -0.4 is 27.0 Å². The smallest absolute Gasteiger partial charge is 0.245 e. The molecule has 1 saturated heterocycles. The molecule has 19 heteroatoms. The van der Waals surface area contributed by atoms with Gasteiger partial charge in [-0.3, -0.25) is 38.5 Å². The molecule has 2 rings (SSSR count). The third-order valence-electron chi connectivity index (χ3n) is 9.96. The van der Waals surface area contributed by atoms with Crippen LogP contribution in [0.5, 0.6) is 0 Å². The number of carbonyl (C=O) groups is 7. The van der Waals surface area contributed by atoms with Crippen LogP contribution in [-0.4, -0.2) is 180 Å². The Morgan fingerprint density at radius 2 is 1.54 bits per heavy atom. The molecule has 7 amide bonds. The Kier molecular flexibility index (Phi) is 22.0. The monoisotopic (exact) mass is 835 g/mol. The molecule has 0 bridgehead atoms. The highest BCUT2D eigenvalue weighted by Crippen LogP contribution is 2.30. The van der Waals surface area contributed by atoms with Gasteiger partial charge in [0.05, 0.1) is 66.0 Å². The average Bonchev–Trinajstić information content (AvgIpc) is 3.17. The van der Waals surface area contributed by atoms with E-state index in [4.69, 9.17) is 19.9 Å². The summed E-state index contributed by atoms with van der Waals surface area (Å²) in [5.74, 6) is -4.03. The molecule has 0 saturated carbocycles. The molecular formula is C40H68N9O10+. The first-order valence-electron chi connectivity index (χ1n) is 20.2. The first kappa shape index (κ1) is 50.4. The van der Waals surface area contributed by atoms with Gasteiger partial charge in [0.25, 0.3) is 0 Å². The molecule has 332 valence electrons. The first-order valence-corrected chi connectivity index (χ1v) is 20.2. The second-order valence-electron chi connectivity index (χ2n) is 16.3. The maximum Gasteiger partial charge on any atom is 0.245 e. The van der Waals surface area contributed by atoms with E-state index in [1.807, 2.05) is 0 Å². The lowest BCUT2D eigenvalue weighted by Crippen LogP contribution is -2.59. The number of primary amides is 1. The van der Waals surface area contributed by atoms with E-state index in [1.54, 1.807) is 37.2 Å². The van der Waals surface area contributed by atoms with Crippen LogP contribution in [0.25, 0.3) is 0 Å². The second-order valence-corrected chi connectivity index (χ2v) is 16.3. The van der Waals surface area contributed by atoms with E-state index < -0.39 is 59.5 Å². The predicted molar refractivity (Wildman–Crippen MR) is 218 cm³/mol. The predicted octanol–water partition coefficient (Wildman–Crippen LogP) is -1.27. The molecule has 0 spiro atoms. The third-order valence-corrected chi connectivity index (χ3v) is 9.96. The standard InChI is InChI=1S/C40H67N9O10/c1-29(50)47(3)17-9-8-12-31(46-39(56)40(2)13-19-57-20-14-40)36(53)44-32(26-34(41)51)37(54)45-33(25-30-11-10-15-42-27-30)38(55)48(4)28-35(52)43-16-21-58-23-24-59-22-18-49(5,6)7/h10-11,15,27,31-33H,8-9,12-14,16-26,28H2,1-7H3,(H5-,41,43,44,45,46,51,52,53,54,56)/p+1/t31-,32-,33-/m0/s1. The summed E-state index contributed by atoms with van der Waals surface area (Å²) in [6, 6.07) is -0.466. The van der Waals surface area contributed by atoms with E-state index in [9.17, 15) is 33.6 Å². The van der Waals surface area contributed by atoms with Crippen LogP contribution in [0, 0.1) is 5.41 Å². The Hall–Kier alpha value is -4.72. The number of nitrogens with zero attached hydrogens (tertiary/aromatic N) is 4. The van der Waals surface area contributed by atoms with Crippen molar-refractivity contribution in [3.05, 3.63) is 30.1 Å². The summed E-state index contributed by atoms with van der Waals surface area (Å²) in [6.45, 7) is 6.83. The quantitative estimate of drug-likeness (QED) is 0.0518. The fourth-order valence-corrected chi connectivity index (χ4v) is 5.95. The van der Waals surface area contributed by atoms with Gasteiger partial charge in [-0.15, -0.1) is 0 Å². The lowest BCUT2D eigenvalue weighted by Gasteiger charge is -2.34. The number of hydrogen-bond donors (Lipinski definition) is 5. The number of nitrogens with one attached hydrogen (secondary N) is 4. The van der Waals surface area contributed by atoms with Crippen LogP contribution in [-0.2, 0) is 54.2 Å². The summed E-state index contributed by atoms with van der Waals surface area (Å²) in [6.07, 6.45) is 4.51. The van der Waals surface area contributed by atoms with Crippen molar-refractivity contribution < 1.29 is 52.3 Å². The van der Waals surface area contributed by atoms with Crippen molar-refractivity contribution in [1.82, 2.24) is 36.1 Å². The molecule has 2 heterocycles. The van der Waals surface area contributed by atoms with Crippen LogP contribution in [0.3, 0.4) is 0 Å². The van der Waals surface area contributed by atoms with Crippen molar-refractivity contribution in [2.75, 3.05) is 101 Å². The summed E-state index contributed by atoms with van der Waals surface area (Å²) in [5, 5.41) is 10.8. The zero-order chi connectivity index (χ0) is 44.0. The van der Waals surface area contributed by atoms with Crippen LogP contribution in [0.1, 0.15) is 57.9 Å². The minimum atomic E-state index is -1.51. The molecule has 1 aromatic rings. The molecule has 0 radical (unpaired) electrons. The van der Waals surface area contributed by atoms with Crippen molar-refractivity contribution in [2.24, 2.45) is 11.1 Å². The Morgan fingerprint density at radius 1 is 0.898 bits per heavy atom. The van der Waals surface area contributed by atoms with Gasteiger partial charge in [0, 0.05) is 66.1 Å². The molecule has 1 aromatic heterocycles. The second kappa shape index (κ2) is 25.7. The molecule has 0 unspecified atom stereocenters. The number of amides is 7. The molecule has 1 aliphatic heterocycles. The van der Waals surface area contributed by atoms with Gasteiger partial charge in [0.1, 0.15) is 24.7 Å². The van der Waals surface area contributed by atoms with Gasteiger partial charge in [-0.25, -0.2) is 0 Å². The minimum absolute atomic E-state index is 0.0258. The number of hydrogen-bond acceptors (Lipinski definition) is 11. The number of likely N-dealkylation sites (N-methyl/N-ethyl adjacent to an activating group) is 2. The van der Waals surface area contributed by atoms with Gasteiger partial charge >= 0.3 is 0 Å². The van der Waals surface area contributed by atoms with Crippen LogP contribution >= 0.6 is 0 Å². The van der Waals surface area contributed by atoms with Crippen LogP contribution in [0.15, 0.2) is 24.5 Å². The van der Waals surface area contributed by atoms with E-state index >= 15 is 0 Å². The Bertz CT molecular complexity index is 1520. The van der Waals surface area contributed by atoms with Crippen molar-refractivity contribution in [1.29, 1.82) is 0 Å². The molecule has 59 heavy (non-hydrogen) atoms. The van der Waals surface area contributed by atoms with Crippen molar-refractivity contribution in [3.63, 3.8) is 0 Å². The molecule has 0 aliphatic carbocycles. The molecule has 1 aliphatic rings. The number of pyridine rings is 1. The zero-order valence-electron chi connectivity index (χ0n) is 36.0. The topological polar surface area (TPSA) is 241 Å². The molecule has 3 atom stereocenters. The van der Waals surface area contributed by atoms with Gasteiger partial charge in [-0.2, -0.15) is 0 Å². The van der Waals surface area contributed by atoms with E-state index in [0.29, 0.717) is 70.8 Å². The molecule has 0 aromatic carbocycles. The normalized spacial score (nSPS) is 15.2. The SMILES string of the molecule is CC(=O)N(C)CCCC[C@H](NC(=O)C1(C)CCOCC1)C(=O)N[C@@H](CC(N)=O)C(=O)N[C@@H](Cc1cccnc1)C(=O)N(C)CC(=O)NCCOCCOCC[N+](C)(C)C. The molecule has 19 nitrogen and oxygen atoms in total. The molecule has 6 N–H and O–H groups in total. The molecule has 1 fully saturated rings. The number of ether oxygens (including phenoxy) is 3. The highest BCUT2D eigenvalue weighted by molar-refractivity contribution is 5.97. The van der Waals surface area contributed by atoms with Gasteiger partial charge in [-0.05, 0) is 43.7 Å². The fraction of sp³-hybridized carbons (Fsp3) is 0.700. The maximum atomic E-state index is 13.9. The summed E-state index contributed by atoms with van der Waals surface area (Å²) in [4.78, 5) is 98.5. The molecular weight excluding hydrogens is 766 g/mol. The lowest BCUT2D eigenvalue weighted by molar-refractivity contribution is -0.870. The van der Waals surface area contributed by atoms with Gasteiger partial charge in [0.2, 0.25) is 41.4 Å².